The third-order valence-electron chi connectivity index (χ3n) is 8.03. The van der Waals surface area contributed by atoms with Crippen molar-refractivity contribution < 1.29 is 100 Å². The van der Waals surface area contributed by atoms with Gasteiger partial charge < -0.3 is 57.4 Å². The average molecular weight is 855 g/mol. The Balaban J connectivity index is 2.86. The minimum atomic E-state index is -1.89. The van der Waals surface area contributed by atoms with E-state index in [0.717, 1.165) is 60.6 Å². The van der Waals surface area contributed by atoms with E-state index in [4.69, 9.17) is 52.2 Å². The molecule has 0 aromatic rings. The van der Waals surface area contributed by atoms with Gasteiger partial charge in [0.25, 0.3) is 5.91 Å². The van der Waals surface area contributed by atoms with Gasteiger partial charge in [0.15, 0.2) is 36.8 Å². The second kappa shape index (κ2) is 22.4. The Kier molecular flexibility index (Phi) is 19.1. The molecule has 23 nitrogen and oxygen atoms in total. The third-order valence-corrected chi connectivity index (χ3v) is 9.48. The molecule has 2 aliphatic rings. The maximum absolute atomic E-state index is 13.7. The fourth-order valence-corrected chi connectivity index (χ4v) is 7.16. The minimum absolute atomic E-state index is 0.430. The lowest BCUT2D eigenvalue weighted by Crippen LogP contribution is -2.67. The highest BCUT2D eigenvalue weighted by Gasteiger charge is 2.58. The molecule has 0 spiro atoms. The van der Waals surface area contributed by atoms with Crippen molar-refractivity contribution in [3.05, 3.63) is 0 Å². The second-order valence-electron chi connectivity index (χ2n) is 12.8. The molecule has 2 rings (SSSR count). The highest BCUT2D eigenvalue weighted by molar-refractivity contribution is 8.01. The molecule has 0 bridgehead atoms. The molecule has 0 radical (unpaired) electrons. The van der Waals surface area contributed by atoms with Crippen LogP contribution < -0.4 is 5.32 Å². The third kappa shape index (κ3) is 14.6. The summed E-state index contributed by atoms with van der Waals surface area (Å²) in [6.07, 6.45) is -15.9. The van der Waals surface area contributed by atoms with Crippen LogP contribution in [0.3, 0.4) is 0 Å². The second-order valence-corrected chi connectivity index (χ2v) is 14.4. The highest BCUT2D eigenvalue weighted by atomic mass is 32.2. The van der Waals surface area contributed by atoms with E-state index in [0.29, 0.717) is 11.8 Å². The smallest absolute Gasteiger partial charge is 0.406 e. The highest BCUT2D eigenvalue weighted by Crippen LogP contribution is 2.42. The van der Waals surface area contributed by atoms with Gasteiger partial charge in [-0.1, -0.05) is 0 Å². The molecule has 2 fully saturated rings. The number of alkyl carbamates (subject to hydrolysis) is 1. The Morgan fingerprint density at radius 1 is 0.603 bits per heavy atom. The Bertz CT molecular complexity index is 1530. The van der Waals surface area contributed by atoms with Gasteiger partial charge in [-0.05, 0) is 6.92 Å². The molecule has 0 aromatic carbocycles. The van der Waals surface area contributed by atoms with Crippen molar-refractivity contribution in [1.82, 2.24) is 10.4 Å². The van der Waals surface area contributed by atoms with Crippen LogP contribution in [-0.2, 0) is 95.3 Å². The molecule has 0 aliphatic carbocycles. The van der Waals surface area contributed by atoms with Crippen LogP contribution in [-0.4, -0.2) is 165 Å². The van der Waals surface area contributed by atoms with Gasteiger partial charge in [0.1, 0.15) is 41.7 Å². The van der Waals surface area contributed by atoms with Crippen molar-refractivity contribution in [2.45, 2.75) is 121 Å². The molecule has 328 valence electrons. The number of thioether (sulfide) groups is 1. The van der Waals surface area contributed by atoms with Gasteiger partial charge in [-0.15, -0.1) is 11.8 Å². The van der Waals surface area contributed by atoms with Gasteiger partial charge in [0.05, 0.1) is 14.2 Å². The zero-order valence-electron chi connectivity index (χ0n) is 33.8. The Labute approximate surface area is 337 Å². The molecule has 0 saturated carbocycles. The van der Waals surface area contributed by atoms with Crippen molar-refractivity contribution in [2.24, 2.45) is 0 Å². The quantitative estimate of drug-likeness (QED) is 0.109. The summed E-state index contributed by atoms with van der Waals surface area (Å²) in [5.74, 6) is -7.03. The zero-order valence-corrected chi connectivity index (χ0v) is 34.6. The standard InChI is InChI=1S/C34H50N2O21S/c1-15(37)48-12-22-24(50-17(3)39)26(51-18(4)40)28(53-20(6)42)30(55-22)57-25-23(13-49-16(2)38)56-31(29(54-21(7)43)27(25)52-19(5)41)58-34(8,14-35-33(45)46-10)32(44)36(9)47-11/h22-31H,12-14H2,1-11H3,(H,35,45)/t22-,23-,24+,25-,26+,27+,28-,29-,30+,31+,34+/m1/s1. The van der Waals surface area contributed by atoms with Crippen molar-refractivity contribution in [1.29, 1.82) is 0 Å². The average Bonchev–Trinajstić information content (AvgIpc) is 3.11. The summed E-state index contributed by atoms with van der Waals surface area (Å²) >= 11 is 0.688. The van der Waals surface area contributed by atoms with Gasteiger partial charge in [0, 0.05) is 62.1 Å². The summed E-state index contributed by atoms with van der Waals surface area (Å²) in [6, 6.07) is 0. The topological polar surface area (TPSA) is 280 Å². The Hall–Kier alpha value is -4.78. The molecule has 0 aromatic heterocycles. The van der Waals surface area contributed by atoms with Crippen LogP contribution in [0.4, 0.5) is 4.79 Å². The molecule has 1 N–H and O–H groups in total. The summed E-state index contributed by atoms with van der Waals surface area (Å²) in [4.78, 5) is 118. The fourth-order valence-electron chi connectivity index (χ4n) is 5.72. The van der Waals surface area contributed by atoms with Crippen molar-refractivity contribution >= 4 is 65.5 Å². The fraction of sp³-hybridized carbons (Fsp3) is 0.735. The van der Waals surface area contributed by atoms with Gasteiger partial charge in [-0.25, -0.2) is 9.86 Å². The molecule has 2 amide bonds. The van der Waals surface area contributed by atoms with Crippen LogP contribution in [0, 0.1) is 0 Å². The lowest BCUT2D eigenvalue weighted by atomic mass is 9.96. The monoisotopic (exact) mass is 854 g/mol. The number of methoxy groups -OCH3 is 1. The van der Waals surface area contributed by atoms with Crippen LogP contribution in [0.2, 0.25) is 0 Å². The maximum Gasteiger partial charge on any atom is 0.406 e. The number of hydrogen-bond acceptors (Lipinski definition) is 22. The van der Waals surface area contributed by atoms with E-state index in [9.17, 15) is 43.2 Å². The molecule has 58 heavy (non-hydrogen) atoms. The van der Waals surface area contributed by atoms with Crippen LogP contribution in [0.15, 0.2) is 0 Å². The van der Waals surface area contributed by atoms with E-state index in [1.165, 1.54) is 21.1 Å². The first-order valence-corrected chi connectivity index (χ1v) is 18.3. The molecule has 2 saturated heterocycles. The van der Waals surface area contributed by atoms with Gasteiger partial charge in [-0.2, -0.15) is 0 Å². The van der Waals surface area contributed by atoms with E-state index in [1.54, 1.807) is 0 Å². The van der Waals surface area contributed by atoms with E-state index < -0.39 is 139 Å². The van der Waals surface area contributed by atoms with E-state index >= 15 is 0 Å². The zero-order chi connectivity index (χ0) is 44.1. The number of carbonyl (C=O) groups is 9. The number of rotatable bonds is 17. The van der Waals surface area contributed by atoms with Crippen LogP contribution >= 0.6 is 11.8 Å². The van der Waals surface area contributed by atoms with Crippen LogP contribution in [0.1, 0.15) is 55.4 Å². The number of ether oxygens (including phenoxy) is 11. The van der Waals surface area contributed by atoms with Crippen molar-refractivity contribution in [3.63, 3.8) is 0 Å². The number of esters is 7. The number of carbonyl (C=O) groups excluding carboxylic acids is 9. The number of hydroxylamine groups is 2. The predicted octanol–water partition coefficient (Wildman–Crippen LogP) is -0.526. The summed E-state index contributed by atoms with van der Waals surface area (Å²) in [5.41, 5.74) is -1.50. The van der Waals surface area contributed by atoms with E-state index in [1.807, 2.05) is 0 Å². The molecule has 0 unspecified atom stereocenters. The van der Waals surface area contributed by atoms with Crippen LogP contribution in [0.5, 0.6) is 0 Å². The van der Waals surface area contributed by atoms with E-state index in [2.05, 4.69) is 10.1 Å². The molecule has 2 aliphatic heterocycles. The summed E-state index contributed by atoms with van der Waals surface area (Å²) < 4.78 is 59.9. The molecule has 2 heterocycles. The summed E-state index contributed by atoms with van der Waals surface area (Å²) in [6.45, 7) is 6.89. The summed E-state index contributed by atoms with van der Waals surface area (Å²) in [5, 5.41) is 3.28. The first-order valence-electron chi connectivity index (χ1n) is 17.4. The maximum atomic E-state index is 13.7. The predicted molar refractivity (Wildman–Crippen MR) is 189 cm³/mol. The van der Waals surface area contributed by atoms with Crippen molar-refractivity contribution in [3.8, 4) is 0 Å². The van der Waals surface area contributed by atoms with Gasteiger partial charge in [0.2, 0.25) is 0 Å². The largest absolute Gasteiger partial charge is 0.463 e. The SMILES string of the molecule is COC(=O)NC[C@](C)(S[C@@H]1O[C@H](COC(C)=O)[C@@H](O[C@@H]2O[C@H](COC(C)=O)[C@H](OC(C)=O)[C@H](OC(C)=O)[C@H]2OC(C)=O)[C@H](OC(C)=O)[C@H]1OC(C)=O)C(=O)N(C)OC. The first-order chi connectivity index (χ1) is 27.0. The first kappa shape index (κ1) is 49.4. The lowest BCUT2D eigenvalue weighted by Gasteiger charge is -2.49. The molecule has 11 atom stereocenters. The van der Waals surface area contributed by atoms with Gasteiger partial charge in [-0.3, -0.25) is 43.2 Å². The van der Waals surface area contributed by atoms with E-state index in [-0.39, 0.29) is 0 Å². The molecular formula is C34H50N2O21S. The Morgan fingerprint density at radius 3 is 1.48 bits per heavy atom. The molecule has 24 heteroatoms. The number of nitrogens with one attached hydrogen (secondary N) is 1. The minimum Gasteiger partial charge on any atom is -0.463 e. The number of hydrogen-bond donors (Lipinski definition) is 1. The van der Waals surface area contributed by atoms with Gasteiger partial charge >= 0.3 is 47.9 Å². The lowest BCUT2D eigenvalue weighted by molar-refractivity contribution is -0.341. The normalized spacial score (nSPS) is 27.6. The number of amides is 2. The van der Waals surface area contributed by atoms with Crippen molar-refractivity contribution in [2.75, 3.05) is 41.0 Å². The number of nitrogens with zero attached hydrogens (tertiary/aromatic N) is 1. The Morgan fingerprint density at radius 2 is 1.03 bits per heavy atom. The molecular weight excluding hydrogens is 804 g/mol. The van der Waals surface area contributed by atoms with Crippen LogP contribution in [0.25, 0.3) is 0 Å². The summed E-state index contributed by atoms with van der Waals surface area (Å²) in [7, 11) is 3.59.